The molecule has 0 fully saturated rings. The first-order valence-corrected chi connectivity index (χ1v) is 5.67. The molecule has 104 valence electrons. The third-order valence-electron chi connectivity index (χ3n) is 2.06. The number of amides is 3. The molecule has 3 amide bonds. The van der Waals surface area contributed by atoms with E-state index in [-0.39, 0.29) is 18.3 Å². The molecule has 0 saturated heterocycles. The summed E-state index contributed by atoms with van der Waals surface area (Å²) >= 11 is 0. The molecule has 7 nitrogen and oxygen atoms in total. The SMILES string of the molecule is CC(C)(C)CNC(=O)N[C@@H](CCC(N)=O)C(=O)O. The van der Waals surface area contributed by atoms with Gasteiger partial charge in [0.1, 0.15) is 6.04 Å². The van der Waals surface area contributed by atoms with Gasteiger partial charge in [0.2, 0.25) is 5.91 Å². The van der Waals surface area contributed by atoms with E-state index in [0.29, 0.717) is 6.54 Å². The summed E-state index contributed by atoms with van der Waals surface area (Å²) in [5.74, 6) is -1.79. The highest BCUT2D eigenvalue weighted by molar-refractivity contribution is 5.83. The fraction of sp³-hybridized carbons (Fsp3) is 0.727. The van der Waals surface area contributed by atoms with Crippen molar-refractivity contribution in [2.45, 2.75) is 39.7 Å². The van der Waals surface area contributed by atoms with Crippen molar-refractivity contribution in [1.29, 1.82) is 0 Å². The van der Waals surface area contributed by atoms with Gasteiger partial charge < -0.3 is 21.5 Å². The first-order chi connectivity index (χ1) is 8.11. The van der Waals surface area contributed by atoms with Gasteiger partial charge in [-0.25, -0.2) is 9.59 Å². The number of carbonyl (C=O) groups excluding carboxylic acids is 2. The molecule has 0 aromatic carbocycles. The second kappa shape index (κ2) is 6.83. The molecule has 1 atom stereocenters. The molecule has 0 bridgehead atoms. The van der Waals surface area contributed by atoms with Crippen LogP contribution in [0.2, 0.25) is 0 Å². The third kappa shape index (κ3) is 8.37. The molecule has 0 saturated carbocycles. The summed E-state index contributed by atoms with van der Waals surface area (Å²) in [5.41, 5.74) is 4.83. The number of hydrogen-bond acceptors (Lipinski definition) is 3. The maximum Gasteiger partial charge on any atom is 0.326 e. The highest BCUT2D eigenvalue weighted by Crippen LogP contribution is 2.10. The molecule has 0 rings (SSSR count). The van der Waals surface area contributed by atoms with E-state index in [2.05, 4.69) is 10.6 Å². The summed E-state index contributed by atoms with van der Waals surface area (Å²) < 4.78 is 0. The fourth-order valence-electron chi connectivity index (χ4n) is 1.10. The van der Waals surface area contributed by atoms with Crippen molar-refractivity contribution < 1.29 is 19.5 Å². The van der Waals surface area contributed by atoms with Crippen molar-refractivity contribution in [2.75, 3.05) is 6.54 Å². The summed E-state index contributed by atoms with van der Waals surface area (Å²) in [5, 5.41) is 13.7. The highest BCUT2D eigenvalue weighted by atomic mass is 16.4. The maximum absolute atomic E-state index is 11.4. The van der Waals surface area contributed by atoms with E-state index < -0.39 is 23.9 Å². The summed E-state index contributed by atoms with van der Waals surface area (Å²) in [7, 11) is 0. The number of rotatable bonds is 6. The van der Waals surface area contributed by atoms with Crippen molar-refractivity contribution in [2.24, 2.45) is 11.1 Å². The number of carbonyl (C=O) groups is 3. The van der Waals surface area contributed by atoms with Crippen LogP contribution in [-0.2, 0) is 9.59 Å². The average molecular weight is 259 g/mol. The van der Waals surface area contributed by atoms with Gasteiger partial charge in [0, 0.05) is 13.0 Å². The van der Waals surface area contributed by atoms with E-state index in [1.165, 1.54) is 0 Å². The Morgan fingerprint density at radius 2 is 1.83 bits per heavy atom. The van der Waals surface area contributed by atoms with Crippen molar-refractivity contribution in [1.82, 2.24) is 10.6 Å². The summed E-state index contributed by atoms with van der Waals surface area (Å²) in [6.07, 6.45) is -0.107. The largest absolute Gasteiger partial charge is 0.480 e. The van der Waals surface area contributed by atoms with Gasteiger partial charge in [-0.3, -0.25) is 4.79 Å². The van der Waals surface area contributed by atoms with Crippen molar-refractivity contribution in [3.63, 3.8) is 0 Å². The van der Waals surface area contributed by atoms with Crippen molar-refractivity contribution >= 4 is 17.9 Å². The Bertz CT molecular complexity index is 323. The zero-order valence-electron chi connectivity index (χ0n) is 10.9. The minimum absolute atomic E-state index is 0.0202. The van der Waals surface area contributed by atoms with Crippen LogP contribution in [0.4, 0.5) is 4.79 Å². The first kappa shape index (κ1) is 16.2. The summed E-state index contributed by atoms with van der Waals surface area (Å²) in [6.45, 7) is 6.24. The molecule has 0 aromatic heterocycles. The topological polar surface area (TPSA) is 122 Å². The van der Waals surface area contributed by atoms with E-state index in [0.717, 1.165) is 0 Å². The lowest BCUT2D eigenvalue weighted by molar-refractivity contribution is -0.139. The second-order valence-corrected chi connectivity index (χ2v) is 5.28. The van der Waals surface area contributed by atoms with E-state index >= 15 is 0 Å². The van der Waals surface area contributed by atoms with Crippen molar-refractivity contribution in [3.05, 3.63) is 0 Å². The van der Waals surface area contributed by atoms with E-state index in [4.69, 9.17) is 10.8 Å². The van der Waals surface area contributed by atoms with Gasteiger partial charge in [0.25, 0.3) is 0 Å². The standard InChI is InChI=1S/C11H21N3O4/c1-11(2,3)6-13-10(18)14-7(9(16)17)4-5-8(12)15/h7H,4-6H2,1-3H3,(H2,12,15)(H,16,17)(H2,13,14,18)/t7-/m0/s1. The van der Waals surface area contributed by atoms with Gasteiger partial charge in [-0.15, -0.1) is 0 Å². The molecule has 0 spiro atoms. The summed E-state index contributed by atoms with van der Waals surface area (Å²) in [4.78, 5) is 32.9. The van der Waals surface area contributed by atoms with E-state index in [1.807, 2.05) is 20.8 Å². The normalized spacial score (nSPS) is 12.6. The monoisotopic (exact) mass is 259 g/mol. The molecule has 0 aliphatic heterocycles. The molecule has 0 unspecified atom stereocenters. The number of hydrogen-bond donors (Lipinski definition) is 4. The predicted octanol–water partition coefficient (Wildman–Crippen LogP) is 0.0504. The van der Waals surface area contributed by atoms with E-state index in [9.17, 15) is 14.4 Å². The van der Waals surface area contributed by atoms with Crippen LogP contribution < -0.4 is 16.4 Å². The van der Waals surface area contributed by atoms with Crippen LogP contribution in [0.25, 0.3) is 0 Å². The Morgan fingerprint density at radius 3 is 2.22 bits per heavy atom. The lowest BCUT2D eigenvalue weighted by Crippen LogP contribution is -2.48. The summed E-state index contributed by atoms with van der Waals surface area (Å²) in [6, 6.07) is -1.68. The number of nitrogens with one attached hydrogen (secondary N) is 2. The number of nitrogens with two attached hydrogens (primary N) is 1. The van der Waals surface area contributed by atoms with Crippen LogP contribution in [0.1, 0.15) is 33.6 Å². The lowest BCUT2D eigenvalue weighted by atomic mass is 9.97. The maximum atomic E-state index is 11.4. The van der Waals surface area contributed by atoms with E-state index in [1.54, 1.807) is 0 Å². The van der Waals surface area contributed by atoms with Crippen LogP contribution in [0.5, 0.6) is 0 Å². The molecule has 0 aromatic rings. The molecule has 0 aliphatic carbocycles. The number of urea groups is 1. The van der Waals surface area contributed by atoms with Crippen LogP contribution >= 0.6 is 0 Å². The smallest absolute Gasteiger partial charge is 0.326 e. The van der Waals surface area contributed by atoms with Gasteiger partial charge in [0.15, 0.2) is 0 Å². The van der Waals surface area contributed by atoms with Gasteiger partial charge >= 0.3 is 12.0 Å². The van der Waals surface area contributed by atoms with Crippen LogP contribution in [0.15, 0.2) is 0 Å². The Labute approximate surface area is 106 Å². The number of primary amides is 1. The fourth-order valence-corrected chi connectivity index (χ4v) is 1.10. The Hall–Kier alpha value is -1.79. The number of aliphatic carboxylic acids is 1. The Morgan fingerprint density at radius 1 is 1.28 bits per heavy atom. The zero-order chi connectivity index (χ0) is 14.3. The third-order valence-corrected chi connectivity index (χ3v) is 2.06. The van der Waals surface area contributed by atoms with Crippen molar-refractivity contribution in [3.8, 4) is 0 Å². The average Bonchev–Trinajstić information content (AvgIpc) is 2.19. The highest BCUT2D eigenvalue weighted by Gasteiger charge is 2.21. The van der Waals surface area contributed by atoms with Gasteiger partial charge in [-0.05, 0) is 11.8 Å². The molecule has 5 N–H and O–H groups in total. The van der Waals surface area contributed by atoms with Gasteiger partial charge in [-0.2, -0.15) is 0 Å². The van der Waals surface area contributed by atoms with Gasteiger partial charge in [-0.1, -0.05) is 20.8 Å². The Kier molecular flexibility index (Phi) is 6.15. The van der Waals surface area contributed by atoms with Gasteiger partial charge in [0.05, 0.1) is 0 Å². The lowest BCUT2D eigenvalue weighted by Gasteiger charge is -2.20. The van der Waals surface area contributed by atoms with Crippen LogP contribution in [0, 0.1) is 5.41 Å². The molecule has 18 heavy (non-hydrogen) atoms. The molecule has 7 heteroatoms. The second-order valence-electron chi connectivity index (χ2n) is 5.28. The predicted molar refractivity (Wildman–Crippen MR) is 65.8 cm³/mol. The first-order valence-electron chi connectivity index (χ1n) is 5.67. The molecule has 0 aliphatic rings. The molecular weight excluding hydrogens is 238 g/mol. The molecule has 0 radical (unpaired) electrons. The quantitative estimate of drug-likeness (QED) is 0.538. The Balaban J connectivity index is 4.20. The molecule has 0 heterocycles. The number of carboxylic acids is 1. The molecular formula is C11H21N3O4. The minimum atomic E-state index is -1.19. The van der Waals surface area contributed by atoms with Crippen LogP contribution in [-0.4, -0.2) is 35.6 Å². The minimum Gasteiger partial charge on any atom is -0.480 e. The van der Waals surface area contributed by atoms with Crippen LogP contribution in [0.3, 0.4) is 0 Å². The zero-order valence-corrected chi connectivity index (χ0v) is 10.9. The number of carboxylic acid groups (broad SMARTS) is 1.